The predicted molar refractivity (Wildman–Crippen MR) is 85.8 cm³/mol. The predicted octanol–water partition coefficient (Wildman–Crippen LogP) is 2.59. The van der Waals surface area contributed by atoms with Crippen LogP contribution < -0.4 is 10.1 Å². The largest absolute Gasteiger partial charge is 0.496 e. The van der Waals surface area contributed by atoms with Crippen LogP contribution in [0.2, 0.25) is 0 Å². The lowest BCUT2D eigenvalue weighted by Crippen LogP contribution is -2.26. The van der Waals surface area contributed by atoms with E-state index in [0.717, 1.165) is 51.6 Å². The molecule has 0 bridgehead atoms. The minimum Gasteiger partial charge on any atom is -0.496 e. The van der Waals surface area contributed by atoms with E-state index in [0.29, 0.717) is 6.04 Å². The molecule has 1 aliphatic rings. The zero-order chi connectivity index (χ0) is 15.1. The first-order valence-corrected chi connectivity index (χ1v) is 7.95. The Morgan fingerprint density at radius 1 is 1.33 bits per heavy atom. The minimum atomic E-state index is 0.368. The Morgan fingerprint density at radius 3 is 2.95 bits per heavy atom. The van der Waals surface area contributed by atoms with E-state index >= 15 is 0 Å². The minimum absolute atomic E-state index is 0.368. The number of methoxy groups -OCH3 is 1. The lowest BCUT2D eigenvalue weighted by atomic mass is 10.0. The summed E-state index contributed by atoms with van der Waals surface area (Å²) in [6.45, 7) is 10.0. The molecule has 4 nitrogen and oxygen atoms in total. The molecule has 4 heteroatoms. The Kier molecular flexibility index (Phi) is 6.49. The lowest BCUT2D eigenvalue weighted by molar-refractivity contribution is 0.140. The van der Waals surface area contributed by atoms with Crippen LogP contribution in [0.5, 0.6) is 5.75 Å². The summed E-state index contributed by atoms with van der Waals surface area (Å²) < 4.78 is 11.1. The SMILES string of the molecule is CCNC(C)c1ccc(OC)c(CN2CCCOCC2)c1. The van der Waals surface area contributed by atoms with Gasteiger partial charge in [0.25, 0.3) is 0 Å². The third-order valence-corrected chi connectivity index (χ3v) is 4.02. The average molecular weight is 292 g/mol. The molecule has 1 aliphatic heterocycles. The highest BCUT2D eigenvalue weighted by Gasteiger charge is 2.14. The van der Waals surface area contributed by atoms with Crippen LogP contribution in [0, 0.1) is 0 Å². The maximum atomic E-state index is 5.53. The second-order valence-corrected chi connectivity index (χ2v) is 5.59. The molecule has 1 heterocycles. The van der Waals surface area contributed by atoms with Crippen molar-refractivity contribution in [2.24, 2.45) is 0 Å². The standard InChI is InChI=1S/C17H28N2O2/c1-4-18-14(2)15-6-7-17(20-3)16(12-15)13-19-8-5-10-21-11-9-19/h6-7,12,14,18H,4-5,8-11,13H2,1-3H3. The molecule has 1 aromatic carbocycles. The van der Waals surface area contributed by atoms with Gasteiger partial charge in [-0.2, -0.15) is 0 Å². The fourth-order valence-corrected chi connectivity index (χ4v) is 2.81. The number of nitrogens with zero attached hydrogens (tertiary/aromatic N) is 1. The highest BCUT2D eigenvalue weighted by molar-refractivity contribution is 5.38. The van der Waals surface area contributed by atoms with Gasteiger partial charge in [0.1, 0.15) is 5.75 Å². The van der Waals surface area contributed by atoms with E-state index in [-0.39, 0.29) is 0 Å². The molecule has 1 N–H and O–H groups in total. The van der Waals surface area contributed by atoms with Crippen molar-refractivity contribution in [3.05, 3.63) is 29.3 Å². The third kappa shape index (κ3) is 4.70. The van der Waals surface area contributed by atoms with Gasteiger partial charge in [-0.25, -0.2) is 0 Å². The molecule has 0 aromatic heterocycles. The van der Waals surface area contributed by atoms with Crippen LogP contribution in [0.3, 0.4) is 0 Å². The summed E-state index contributed by atoms with van der Waals surface area (Å²) in [6.07, 6.45) is 1.11. The van der Waals surface area contributed by atoms with Crippen LogP contribution in [0.25, 0.3) is 0 Å². The number of nitrogens with one attached hydrogen (secondary N) is 1. The number of benzene rings is 1. The molecule has 1 atom stereocenters. The maximum absolute atomic E-state index is 5.53. The van der Waals surface area contributed by atoms with E-state index in [1.54, 1.807) is 7.11 Å². The van der Waals surface area contributed by atoms with Crippen LogP contribution in [0.1, 0.15) is 37.4 Å². The Hall–Kier alpha value is -1.10. The Balaban J connectivity index is 2.12. The summed E-state index contributed by atoms with van der Waals surface area (Å²) in [7, 11) is 1.75. The Bertz CT molecular complexity index is 429. The van der Waals surface area contributed by atoms with Crippen LogP contribution >= 0.6 is 0 Å². The zero-order valence-electron chi connectivity index (χ0n) is 13.5. The van der Waals surface area contributed by atoms with Crippen molar-refractivity contribution in [1.82, 2.24) is 10.2 Å². The van der Waals surface area contributed by atoms with Gasteiger partial charge in [-0.05, 0) is 37.6 Å². The molecule has 1 aromatic rings. The van der Waals surface area contributed by atoms with Crippen molar-refractivity contribution in [3.8, 4) is 5.75 Å². The number of hydrogen-bond donors (Lipinski definition) is 1. The molecule has 0 saturated carbocycles. The van der Waals surface area contributed by atoms with Gasteiger partial charge < -0.3 is 14.8 Å². The first-order valence-electron chi connectivity index (χ1n) is 7.95. The van der Waals surface area contributed by atoms with Crippen molar-refractivity contribution in [1.29, 1.82) is 0 Å². The lowest BCUT2D eigenvalue weighted by Gasteiger charge is -2.22. The smallest absolute Gasteiger partial charge is 0.123 e. The quantitative estimate of drug-likeness (QED) is 0.874. The van der Waals surface area contributed by atoms with Gasteiger partial charge in [0.15, 0.2) is 0 Å². The molecule has 118 valence electrons. The first kappa shape index (κ1) is 16.3. The molecular weight excluding hydrogens is 264 g/mol. The van der Waals surface area contributed by atoms with E-state index in [1.165, 1.54) is 11.1 Å². The molecule has 1 fully saturated rings. The van der Waals surface area contributed by atoms with E-state index in [2.05, 4.69) is 42.3 Å². The van der Waals surface area contributed by atoms with Gasteiger partial charge >= 0.3 is 0 Å². The number of rotatable bonds is 6. The summed E-state index contributed by atoms with van der Waals surface area (Å²) >= 11 is 0. The fraction of sp³-hybridized carbons (Fsp3) is 0.647. The molecule has 0 aliphatic carbocycles. The van der Waals surface area contributed by atoms with Crippen molar-refractivity contribution in [2.75, 3.05) is 40.0 Å². The van der Waals surface area contributed by atoms with Gasteiger partial charge in [0, 0.05) is 37.8 Å². The van der Waals surface area contributed by atoms with E-state index in [1.807, 2.05) is 0 Å². The molecule has 0 amide bonds. The highest BCUT2D eigenvalue weighted by Crippen LogP contribution is 2.25. The van der Waals surface area contributed by atoms with Crippen molar-refractivity contribution in [2.45, 2.75) is 32.9 Å². The molecule has 0 radical (unpaired) electrons. The molecule has 1 saturated heterocycles. The van der Waals surface area contributed by atoms with Crippen molar-refractivity contribution < 1.29 is 9.47 Å². The molecule has 21 heavy (non-hydrogen) atoms. The van der Waals surface area contributed by atoms with Crippen molar-refractivity contribution in [3.63, 3.8) is 0 Å². The van der Waals surface area contributed by atoms with Crippen LogP contribution in [0.4, 0.5) is 0 Å². The number of ether oxygens (including phenoxy) is 2. The summed E-state index contributed by atoms with van der Waals surface area (Å²) in [5.74, 6) is 0.979. The Morgan fingerprint density at radius 2 is 2.19 bits per heavy atom. The monoisotopic (exact) mass is 292 g/mol. The zero-order valence-corrected chi connectivity index (χ0v) is 13.5. The van der Waals surface area contributed by atoms with Gasteiger partial charge in [0.05, 0.1) is 13.7 Å². The third-order valence-electron chi connectivity index (χ3n) is 4.02. The molecule has 2 rings (SSSR count). The summed E-state index contributed by atoms with van der Waals surface area (Å²) in [5, 5.41) is 3.47. The molecule has 0 spiro atoms. The van der Waals surface area contributed by atoms with Gasteiger partial charge in [0.2, 0.25) is 0 Å². The number of hydrogen-bond acceptors (Lipinski definition) is 4. The first-order chi connectivity index (χ1) is 10.2. The molecular formula is C17H28N2O2. The van der Waals surface area contributed by atoms with E-state index < -0.39 is 0 Å². The van der Waals surface area contributed by atoms with E-state index in [9.17, 15) is 0 Å². The second-order valence-electron chi connectivity index (χ2n) is 5.59. The fourth-order valence-electron chi connectivity index (χ4n) is 2.81. The second kappa shape index (κ2) is 8.37. The maximum Gasteiger partial charge on any atom is 0.123 e. The van der Waals surface area contributed by atoms with Crippen LogP contribution in [-0.2, 0) is 11.3 Å². The summed E-state index contributed by atoms with van der Waals surface area (Å²) in [6, 6.07) is 6.89. The van der Waals surface area contributed by atoms with Crippen LogP contribution in [0.15, 0.2) is 18.2 Å². The topological polar surface area (TPSA) is 33.7 Å². The van der Waals surface area contributed by atoms with E-state index in [4.69, 9.17) is 9.47 Å². The normalized spacial score (nSPS) is 18.2. The molecule has 1 unspecified atom stereocenters. The Labute approximate surface area is 128 Å². The van der Waals surface area contributed by atoms with Crippen LogP contribution in [-0.4, -0.2) is 44.9 Å². The summed E-state index contributed by atoms with van der Waals surface area (Å²) in [4.78, 5) is 2.45. The van der Waals surface area contributed by atoms with Crippen molar-refractivity contribution >= 4 is 0 Å². The summed E-state index contributed by atoms with van der Waals surface area (Å²) in [5.41, 5.74) is 2.58. The highest BCUT2D eigenvalue weighted by atomic mass is 16.5. The average Bonchev–Trinajstić information content (AvgIpc) is 2.76. The van der Waals surface area contributed by atoms with Gasteiger partial charge in [-0.15, -0.1) is 0 Å². The van der Waals surface area contributed by atoms with Gasteiger partial charge in [-0.3, -0.25) is 4.90 Å². The van der Waals surface area contributed by atoms with Gasteiger partial charge in [-0.1, -0.05) is 13.0 Å².